The van der Waals surface area contributed by atoms with Crippen molar-refractivity contribution in [3.05, 3.63) is 64.4 Å². The summed E-state index contributed by atoms with van der Waals surface area (Å²) in [5, 5.41) is 4.03. The molecule has 112 valence electrons. The van der Waals surface area contributed by atoms with E-state index in [0.29, 0.717) is 11.6 Å². The van der Waals surface area contributed by atoms with Crippen molar-refractivity contribution < 1.29 is 4.39 Å². The summed E-state index contributed by atoms with van der Waals surface area (Å²) in [6.07, 6.45) is 0. The van der Waals surface area contributed by atoms with Gasteiger partial charge in [0.1, 0.15) is 5.82 Å². The van der Waals surface area contributed by atoms with Gasteiger partial charge in [0.2, 0.25) is 0 Å². The Bertz CT molecular complexity index is 601. The topological polar surface area (TPSA) is 15.3 Å². The van der Waals surface area contributed by atoms with Crippen LogP contribution < -0.4 is 10.2 Å². The Morgan fingerprint density at radius 3 is 2.71 bits per heavy atom. The van der Waals surface area contributed by atoms with Gasteiger partial charge in [0.25, 0.3) is 0 Å². The van der Waals surface area contributed by atoms with Gasteiger partial charge in [0, 0.05) is 30.8 Å². The summed E-state index contributed by atoms with van der Waals surface area (Å²) in [5.74, 6) is -0.208. The Morgan fingerprint density at radius 2 is 2.00 bits per heavy atom. The number of hydrogen-bond acceptors (Lipinski definition) is 2. The van der Waals surface area contributed by atoms with Crippen LogP contribution in [0.15, 0.2) is 42.5 Å². The second-order valence-corrected chi connectivity index (χ2v) is 5.48. The normalized spacial score (nSPS) is 10.7. The van der Waals surface area contributed by atoms with Crippen molar-refractivity contribution in [2.75, 3.05) is 18.5 Å². The van der Waals surface area contributed by atoms with Crippen molar-refractivity contribution in [3.63, 3.8) is 0 Å². The smallest absolute Gasteiger partial charge is 0.123 e. The van der Waals surface area contributed by atoms with Crippen LogP contribution in [0.25, 0.3) is 0 Å². The lowest BCUT2D eigenvalue weighted by Crippen LogP contribution is -2.20. The lowest BCUT2D eigenvalue weighted by atomic mass is 10.1. The standard InChI is InChI=1S/C17H20ClFN2/c1-3-20-11-14-7-8-15(18)10-17(14)21(2)12-13-5-4-6-16(19)9-13/h4-10,20H,3,11-12H2,1-2H3. The van der Waals surface area contributed by atoms with E-state index in [4.69, 9.17) is 11.6 Å². The van der Waals surface area contributed by atoms with E-state index in [9.17, 15) is 4.39 Å². The Kier molecular flexibility index (Phi) is 5.59. The molecule has 0 radical (unpaired) electrons. The van der Waals surface area contributed by atoms with Crippen molar-refractivity contribution in [2.45, 2.75) is 20.0 Å². The number of halogens is 2. The van der Waals surface area contributed by atoms with E-state index >= 15 is 0 Å². The molecule has 4 heteroatoms. The summed E-state index contributed by atoms with van der Waals surface area (Å²) in [7, 11) is 1.99. The van der Waals surface area contributed by atoms with Crippen LogP contribution in [0.4, 0.5) is 10.1 Å². The SMILES string of the molecule is CCNCc1ccc(Cl)cc1N(C)Cc1cccc(F)c1. The summed E-state index contributed by atoms with van der Waals surface area (Å²) < 4.78 is 13.3. The van der Waals surface area contributed by atoms with E-state index in [-0.39, 0.29) is 5.82 Å². The van der Waals surface area contributed by atoms with E-state index in [2.05, 4.69) is 17.1 Å². The third kappa shape index (κ3) is 4.45. The number of nitrogens with one attached hydrogen (secondary N) is 1. The monoisotopic (exact) mass is 306 g/mol. The zero-order valence-electron chi connectivity index (χ0n) is 12.4. The van der Waals surface area contributed by atoms with Crippen molar-refractivity contribution in [2.24, 2.45) is 0 Å². The minimum Gasteiger partial charge on any atom is -0.370 e. The van der Waals surface area contributed by atoms with E-state index in [0.717, 1.165) is 24.3 Å². The van der Waals surface area contributed by atoms with Crippen LogP contribution in [0, 0.1) is 5.82 Å². The number of benzene rings is 2. The van der Waals surface area contributed by atoms with E-state index in [1.165, 1.54) is 11.6 Å². The average Bonchev–Trinajstić information content (AvgIpc) is 2.46. The zero-order valence-corrected chi connectivity index (χ0v) is 13.1. The molecular weight excluding hydrogens is 287 g/mol. The highest BCUT2D eigenvalue weighted by Crippen LogP contribution is 2.25. The fourth-order valence-corrected chi connectivity index (χ4v) is 2.46. The highest BCUT2D eigenvalue weighted by molar-refractivity contribution is 6.30. The second-order valence-electron chi connectivity index (χ2n) is 5.04. The molecule has 0 bridgehead atoms. The molecule has 0 aliphatic heterocycles. The summed E-state index contributed by atoms with van der Waals surface area (Å²) in [5.41, 5.74) is 3.18. The highest BCUT2D eigenvalue weighted by atomic mass is 35.5. The number of anilines is 1. The molecule has 0 saturated carbocycles. The van der Waals surface area contributed by atoms with Crippen LogP contribution in [0.3, 0.4) is 0 Å². The minimum absolute atomic E-state index is 0.208. The van der Waals surface area contributed by atoms with Crippen molar-refractivity contribution in [3.8, 4) is 0 Å². The maximum Gasteiger partial charge on any atom is 0.123 e. The summed E-state index contributed by atoms with van der Waals surface area (Å²) >= 11 is 6.12. The predicted octanol–water partition coefficient (Wildman–Crippen LogP) is 4.23. The maximum atomic E-state index is 13.3. The molecule has 0 unspecified atom stereocenters. The molecule has 0 spiro atoms. The molecule has 0 aliphatic rings. The third-order valence-corrected chi connectivity index (χ3v) is 3.57. The molecule has 0 aromatic heterocycles. The number of rotatable bonds is 6. The lowest BCUT2D eigenvalue weighted by Gasteiger charge is -2.23. The molecule has 0 atom stereocenters. The molecule has 2 nitrogen and oxygen atoms in total. The van der Waals surface area contributed by atoms with Gasteiger partial charge >= 0.3 is 0 Å². The van der Waals surface area contributed by atoms with E-state index in [1.54, 1.807) is 12.1 Å². The van der Waals surface area contributed by atoms with Crippen LogP contribution in [-0.2, 0) is 13.1 Å². The van der Waals surface area contributed by atoms with Crippen LogP contribution in [0.2, 0.25) is 5.02 Å². The molecule has 21 heavy (non-hydrogen) atoms. The Labute approximate surface area is 130 Å². The average molecular weight is 307 g/mol. The van der Waals surface area contributed by atoms with Gasteiger partial charge in [-0.1, -0.05) is 36.7 Å². The molecular formula is C17H20ClFN2. The summed E-state index contributed by atoms with van der Waals surface area (Å²) in [6.45, 7) is 4.41. The van der Waals surface area contributed by atoms with Crippen molar-refractivity contribution in [1.29, 1.82) is 0 Å². The van der Waals surface area contributed by atoms with Crippen LogP contribution in [-0.4, -0.2) is 13.6 Å². The maximum absolute atomic E-state index is 13.3. The van der Waals surface area contributed by atoms with Gasteiger partial charge in [0.05, 0.1) is 0 Å². The molecule has 1 N–H and O–H groups in total. The van der Waals surface area contributed by atoms with Gasteiger partial charge in [-0.05, 0) is 41.9 Å². The van der Waals surface area contributed by atoms with Crippen molar-refractivity contribution >= 4 is 17.3 Å². The van der Waals surface area contributed by atoms with Crippen LogP contribution in [0.1, 0.15) is 18.1 Å². The van der Waals surface area contributed by atoms with Gasteiger partial charge in [-0.2, -0.15) is 0 Å². The van der Waals surface area contributed by atoms with Gasteiger partial charge in [-0.25, -0.2) is 4.39 Å². The predicted molar refractivity (Wildman–Crippen MR) is 87.3 cm³/mol. The number of hydrogen-bond donors (Lipinski definition) is 1. The molecule has 2 rings (SSSR count). The molecule has 0 heterocycles. The van der Waals surface area contributed by atoms with Crippen molar-refractivity contribution in [1.82, 2.24) is 5.32 Å². The Morgan fingerprint density at radius 1 is 1.19 bits per heavy atom. The molecule has 0 aliphatic carbocycles. The van der Waals surface area contributed by atoms with Gasteiger partial charge in [-0.15, -0.1) is 0 Å². The van der Waals surface area contributed by atoms with Gasteiger partial charge in [0.15, 0.2) is 0 Å². The first-order chi connectivity index (χ1) is 10.1. The van der Waals surface area contributed by atoms with Crippen LogP contribution in [0.5, 0.6) is 0 Å². The van der Waals surface area contributed by atoms with Gasteiger partial charge in [-0.3, -0.25) is 0 Å². The quantitative estimate of drug-likeness (QED) is 0.859. The van der Waals surface area contributed by atoms with Gasteiger partial charge < -0.3 is 10.2 Å². The molecule has 0 saturated heterocycles. The van der Waals surface area contributed by atoms with E-state index in [1.807, 2.05) is 31.3 Å². The summed E-state index contributed by atoms with van der Waals surface area (Å²) in [4.78, 5) is 2.09. The molecule has 2 aromatic rings. The first kappa shape index (κ1) is 15.8. The van der Waals surface area contributed by atoms with Crippen LogP contribution >= 0.6 is 11.6 Å². The fourth-order valence-electron chi connectivity index (χ4n) is 2.30. The molecule has 2 aromatic carbocycles. The Hall–Kier alpha value is -1.58. The molecule has 0 fully saturated rings. The first-order valence-corrected chi connectivity index (χ1v) is 7.42. The highest BCUT2D eigenvalue weighted by Gasteiger charge is 2.09. The lowest BCUT2D eigenvalue weighted by molar-refractivity contribution is 0.625. The fraction of sp³-hybridized carbons (Fsp3) is 0.294. The number of nitrogens with zero attached hydrogens (tertiary/aromatic N) is 1. The Balaban J connectivity index is 2.20. The first-order valence-electron chi connectivity index (χ1n) is 7.05. The largest absolute Gasteiger partial charge is 0.370 e. The summed E-state index contributed by atoms with van der Waals surface area (Å²) in [6, 6.07) is 12.6. The third-order valence-electron chi connectivity index (χ3n) is 3.33. The zero-order chi connectivity index (χ0) is 15.2. The minimum atomic E-state index is -0.208. The molecule has 0 amide bonds. The van der Waals surface area contributed by atoms with E-state index < -0.39 is 0 Å². The second kappa shape index (κ2) is 7.43.